The Hall–Kier alpha value is -4.53. The standard InChI is InChI=1S/C7H9N.4C6H8N2.5C2H6/c1-6-3-4-7(2)8-5-6;1-5-3-8-6(2)4-7-5;2*1-5-3-7-6(2)8-4-5;1-5-3-4-6(2)8-7-5;5*1-2/h3-5H,1-2H3;4*3-4H,1-2H3;5*1-2H3. The highest BCUT2D eigenvalue weighted by Crippen LogP contribution is 1.95. The zero-order valence-electron chi connectivity index (χ0n) is 35.4. The predicted octanol–water partition coefficient (Wildman–Crippen LogP) is 11.2. The molecule has 9 nitrogen and oxygen atoms in total. The maximum absolute atomic E-state index is 4.08. The number of nitrogens with zero attached hydrogens (tertiary/aromatic N) is 9. The first-order valence-electron chi connectivity index (χ1n) is 17.9. The van der Waals surface area contributed by atoms with Crippen LogP contribution in [0.15, 0.2) is 67.6 Å². The molecule has 0 saturated carbocycles. The van der Waals surface area contributed by atoms with Gasteiger partial charge in [-0.1, -0.05) is 75.3 Å². The van der Waals surface area contributed by atoms with Gasteiger partial charge < -0.3 is 0 Å². The third-order valence-electron chi connectivity index (χ3n) is 4.72. The quantitative estimate of drug-likeness (QED) is 0.156. The van der Waals surface area contributed by atoms with Gasteiger partial charge in [-0.2, -0.15) is 10.2 Å². The normalized spacial score (nSPS) is 8.00. The van der Waals surface area contributed by atoms with Crippen LogP contribution in [-0.2, 0) is 0 Å². The molecule has 5 heterocycles. The molecule has 0 aliphatic heterocycles. The summed E-state index contributed by atoms with van der Waals surface area (Å²) in [5, 5.41) is 7.66. The molecule has 0 saturated heterocycles. The van der Waals surface area contributed by atoms with E-state index in [-0.39, 0.29) is 0 Å². The van der Waals surface area contributed by atoms with Gasteiger partial charge in [-0.25, -0.2) is 19.9 Å². The van der Waals surface area contributed by atoms with Crippen LogP contribution in [-0.4, -0.2) is 45.1 Å². The van der Waals surface area contributed by atoms with E-state index in [1.54, 1.807) is 12.4 Å². The summed E-state index contributed by atoms with van der Waals surface area (Å²) in [7, 11) is 0. The molecule has 9 heteroatoms. The fraction of sp³-hybridized carbons (Fsp3) is 0.488. The summed E-state index contributed by atoms with van der Waals surface area (Å²) in [4.78, 5) is 28.0. The molecule has 0 amide bonds. The van der Waals surface area contributed by atoms with E-state index in [1.165, 1.54) is 5.56 Å². The molecule has 0 radical (unpaired) electrons. The number of pyridine rings is 1. The monoisotopic (exact) mass is 690 g/mol. The lowest BCUT2D eigenvalue weighted by Crippen LogP contribution is -1.86. The molecule has 0 aliphatic rings. The maximum Gasteiger partial charge on any atom is 0.125 e. The molecule has 5 aromatic heterocycles. The fourth-order valence-electron chi connectivity index (χ4n) is 2.38. The lowest BCUT2D eigenvalue weighted by Gasteiger charge is -1.89. The maximum atomic E-state index is 4.08. The molecule has 5 rings (SSSR count). The zero-order chi connectivity index (χ0) is 39.9. The summed E-state index contributed by atoms with van der Waals surface area (Å²) >= 11 is 0. The van der Waals surface area contributed by atoms with Crippen molar-refractivity contribution in [1.82, 2.24) is 45.1 Å². The van der Waals surface area contributed by atoms with E-state index in [9.17, 15) is 0 Å². The molecule has 0 aromatic carbocycles. The first-order chi connectivity index (χ1) is 23.9. The van der Waals surface area contributed by atoms with Crippen molar-refractivity contribution >= 4 is 0 Å². The van der Waals surface area contributed by atoms with Crippen LogP contribution in [0.5, 0.6) is 0 Å². The van der Waals surface area contributed by atoms with E-state index in [0.717, 1.165) is 51.2 Å². The minimum Gasteiger partial charge on any atom is -0.261 e. The Balaban J connectivity index is -0.000000158. The zero-order valence-corrected chi connectivity index (χ0v) is 35.4. The first-order valence-corrected chi connectivity index (χ1v) is 17.9. The second-order valence-corrected chi connectivity index (χ2v) is 9.21. The van der Waals surface area contributed by atoms with E-state index < -0.39 is 0 Å². The summed E-state index contributed by atoms with van der Waals surface area (Å²) in [6.45, 7) is 39.4. The third-order valence-corrected chi connectivity index (χ3v) is 4.72. The van der Waals surface area contributed by atoms with Gasteiger partial charge in [0.1, 0.15) is 11.6 Å². The molecule has 0 bridgehead atoms. The van der Waals surface area contributed by atoms with Gasteiger partial charge in [0.05, 0.1) is 22.8 Å². The van der Waals surface area contributed by atoms with Gasteiger partial charge in [-0.3, -0.25) is 15.0 Å². The number of aromatic nitrogens is 9. The fourth-order valence-corrected chi connectivity index (χ4v) is 2.38. The summed E-state index contributed by atoms with van der Waals surface area (Å²) in [6.07, 6.45) is 12.6. The lowest BCUT2D eigenvalue weighted by molar-refractivity contribution is 0.941. The number of hydrogen-bond donors (Lipinski definition) is 0. The highest BCUT2D eigenvalue weighted by molar-refractivity contribution is 5.10. The average Bonchev–Trinajstić information content (AvgIpc) is 3.16. The SMILES string of the molecule is CC.CC.CC.CC.CC.Cc1ccc(C)nc1.Cc1ccc(C)nn1.Cc1cnc(C)cn1.Cc1cnc(C)nc1.Cc1cnc(C)nc1. The lowest BCUT2D eigenvalue weighted by atomic mass is 10.3. The molecule has 0 unspecified atom stereocenters. The van der Waals surface area contributed by atoms with Crippen LogP contribution in [0, 0.1) is 69.2 Å². The molecule has 50 heavy (non-hydrogen) atoms. The Morgan fingerprint density at radius 2 is 0.520 bits per heavy atom. The molecule has 0 atom stereocenters. The van der Waals surface area contributed by atoms with Crippen LogP contribution in [0.1, 0.15) is 126 Å². The minimum atomic E-state index is 0.829. The smallest absolute Gasteiger partial charge is 0.125 e. The van der Waals surface area contributed by atoms with E-state index in [0.29, 0.717) is 0 Å². The number of aryl methyl sites for hydroxylation is 10. The second-order valence-electron chi connectivity index (χ2n) is 9.21. The third kappa shape index (κ3) is 37.9. The van der Waals surface area contributed by atoms with E-state index >= 15 is 0 Å². The Bertz CT molecular complexity index is 981. The van der Waals surface area contributed by atoms with E-state index in [4.69, 9.17) is 0 Å². The van der Waals surface area contributed by atoms with Crippen molar-refractivity contribution in [3.8, 4) is 0 Å². The van der Waals surface area contributed by atoms with E-state index in [1.807, 2.05) is 188 Å². The number of hydrogen-bond acceptors (Lipinski definition) is 9. The van der Waals surface area contributed by atoms with Crippen molar-refractivity contribution in [1.29, 1.82) is 0 Å². The van der Waals surface area contributed by atoms with Gasteiger partial charge >= 0.3 is 0 Å². The average molecular weight is 690 g/mol. The summed E-state index contributed by atoms with van der Waals surface area (Å²) in [5.41, 5.74) is 8.38. The molecular formula is C41H71N9. The van der Waals surface area contributed by atoms with Crippen LogP contribution in [0.3, 0.4) is 0 Å². The largest absolute Gasteiger partial charge is 0.261 e. The molecule has 0 spiro atoms. The molecule has 0 fully saturated rings. The van der Waals surface area contributed by atoms with Crippen molar-refractivity contribution in [2.24, 2.45) is 0 Å². The molecule has 5 aromatic rings. The minimum absolute atomic E-state index is 0.829. The Labute approximate surface area is 307 Å². The van der Waals surface area contributed by atoms with Crippen LogP contribution in [0.25, 0.3) is 0 Å². The van der Waals surface area contributed by atoms with Crippen molar-refractivity contribution < 1.29 is 0 Å². The van der Waals surface area contributed by atoms with Crippen molar-refractivity contribution in [2.45, 2.75) is 138 Å². The second kappa shape index (κ2) is 40.6. The Kier molecular flexibility index (Phi) is 44.6. The van der Waals surface area contributed by atoms with Gasteiger partial charge in [0.25, 0.3) is 0 Å². The van der Waals surface area contributed by atoms with Crippen molar-refractivity contribution in [3.05, 3.63) is 124 Å². The van der Waals surface area contributed by atoms with E-state index in [2.05, 4.69) is 51.2 Å². The molecule has 280 valence electrons. The van der Waals surface area contributed by atoms with Crippen LogP contribution >= 0.6 is 0 Å². The van der Waals surface area contributed by atoms with Gasteiger partial charge in [0, 0.05) is 49.1 Å². The summed E-state index contributed by atoms with van der Waals surface area (Å²) in [6, 6.07) is 7.96. The molecule has 0 aliphatic carbocycles. The molecule has 0 N–H and O–H groups in total. The van der Waals surface area contributed by atoms with Crippen LogP contribution in [0.2, 0.25) is 0 Å². The first kappa shape index (κ1) is 54.9. The topological polar surface area (TPSA) is 116 Å². The Morgan fingerprint density at radius 1 is 0.260 bits per heavy atom. The summed E-state index contributed by atoms with van der Waals surface area (Å²) in [5.74, 6) is 1.66. The van der Waals surface area contributed by atoms with Crippen LogP contribution < -0.4 is 0 Å². The predicted molar refractivity (Wildman–Crippen MR) is 216 cm³/mol. The van der Waals surface area contributed by atoms with Gasteiger partial charge in [0.15, 0.2) is 0 Å². The molecular weight excluding hydrogens is 619 g/mol. The van der Waals surface area contributed by atoms with Gasteiger partial charge in [-0.05, 0) is 104 Å². The van der Waals surface area contributed by atoms with Crippen molar-refractivity contribution in [2.75, 3.05) is 0 Å². The highest BCUT2D eigenvalue weighted by atomic mass is 15.1. The summed E-state index contributed by atoms with van der Waals surface area (Å²) < 4.78 is 0. The highest BCUT2D eigenvalue weighted by Gasteiger charge is 1.85. The van der Waals surface area contributed by atoms with Crippen LogP contribution in [0.4, 0.5) is 0 Å². The van der Waals surface area contributed by atoms with Crippen molar-refractivity contribution in [3.63, 3.8) is 0 Å². The van der Waals surface area contributed by atoms with Gasteiger partial charge in [0.2, 0.25) is 0 Å². The number of rotatable bonds is 0. The van der Waals surface area contributed by atoms with Gasteiger partial charge in [-0.15, -0.1) is 0 Å². The Morgan fingerprint density at radius 3 is 0.720 bits per heavy atom.